The zero-order chi connectivity index (χ0) is 11.7. The molecule has 16 heavy (non-hydrogen) atoms. The van der Waals surface area contributed by atoms with Gasteiger partial charge < -0.3 is 14.8 Å². The fourth-order valence-corrected chi connectivity index (χ4v) is 1.61. The van der Waals surface area contributed by atoms with Gasteiger partial charge in [0.05, 0.1) is 19.0 Å². The zero-order valence-corrected chi connectivity index (χ0v) is 9.02. The van der Waals surface area contributed by atoms with E-state index in [1.807, 2.05) is 6.92 Å². The van der Waals surface area contributed by atoms with Crippen molar-refractivity contribution in [3.05, 3.63) is 40.4 Å². The van der Waals surface area contributed by atoms with E-state index in [-0.39, 0.29) is 11.6 Å². The van der Waals surface area contributed by atoms with Crippen LogP contribution in [0.3, 0.4) is 0 Å². The Balaban J connectivity index is 2.58. The van der Waals surface area contributed by atoms with Crippen molar-refractivity contribution in [1.82, 2.24) is 9.55 Å². The minimum absolute atomic E-state index is 0.116. The molecule has 0 atom stereocenters. The van der Waals surface area contributed by atoms with Crippen LogP contribution >= 0.6 is 0 Å². The van der Waals surface area contributed by atoms with Crippen LogP contribution in [-0.2, 0) is 0 Å². The monoisotopic (exact) mass is 220 g/mol. The van der Waals surface area contributed by atoms with Gasteiger partial charge in [0, 0.05) is 0 Å². The molecule has 84 valence electrons. The Morgan fingerprint density at radius 1 is 1.44 bits per heavy atom. The molecule has 0 aliphatic rings. The molecule has 0 radical (unpaired) electrons. The zero-order valence-electron chi connectivity index (χ0n) is 9.02. The van der Waals surface area contributed by atoms with Crippen molar-refractivity contribution in [3.63, 3.8) is 0 Å². The van der Waals surface area contributed by atoms with Crippen molar-refractivity contribution in [2.75, 3.05) is 7.11 Å². The number of H-pyrrole nitrogens is 1. The summed E-state index contributed by atoms with van der Waals surface area (Å²) in [5, 5.41) is 9.50. The normalized spacial score (nSPS) is 10.4. The Morgan fingerprint density at radius 2 is 2.19 bits per heavy atom. The number of methoxy groups -OCH3 is 1. The molecule has 0 fully saturated rings. The van der Waals surface area contributed by atoms with Crippen molar-refractivity contribution in [1.29, 1.82) is 0 Å². The Morgan fingerprint density at radius 3 is 2.69 bits per heavy atom. The summed E-state index contributed by atoms with van der Waals surface area (Å²) in [6, 6.07) is 5.23. The fraction of sp³-hybridized carbons (Fsp3) is 0.182. The van der Waals surface area contributed by atoms with E-state index in [1.165, 1.54) is 10.8 Å². The molecular weight excluding hydrogens is 208 g/mol. The number of aromatic hydroxyl groups is 1. The topological polar surface area (TPSA) is 67.2 Å². The van der Waals surface area contributed by atoms with Crippen LogP contribution in [-0.4, -0.2) is 21.8 Å². The quantitative estimate of drug-likeness (QED) is 0.798. The van der Waals surface area contributed by atoms with E-state index in [0.717, 1.165) is 11.3 Å². The first-order chi connectivity index (χ1) is 7.63. The molecular formula is C11H12N2O3. The summed E-state index contributed by atoms with van der Waals surface area (Å²) >= 11 is 0. The lowest BCUT2D eigenvalue weighted by Gasteiger charge is -2.07. The van der Waals surface area contributed by atoms with Crippen LogP contribution in [0.2, 0.25) is 0 Å². The number of aryl methyl sites for hydroxylation is 1. The van der Waals surface area contributed by atoms with E-state index in [2.05, 4.69) is 4.98 Å². The van der Waals surface area contributed by atoms with Crippen molar-refractivity contribution in [2.45, 2.75) is 6.92 Å². The molecule has 0 saturated heterocycles. The number of ether oxygens (including phenoxy) is 1. The van der Waals surface area contributed by atoms with Crippen molar-refractivity contribution < 1.29 is 9.84 Å². The Hall–Kier alpha value is -2.17. The Bertz CT molecular complexity index is 569. The first-order valence-corrected chi connectivity index (χ1v) is 4.78. The molecule has 0 amide bonds. The second kappa shape index (κ2) is 3.77. The minimum atomic E-state index is -0.373. The maximum absolute atomic E-state index is 11.4. The molecule has 1 heterocycles. The van der Waals surface area contributed by atoms with Gasteiger partial charge in [-0.1, -0.05) is 0 Å². The average molecular weight is 220 g/mol. The SMILES string of the molecule is COc1ccc(-n2c(O)c[nH]c2=O)cc1C. The lowest BCUT2D eigenvalue weighted by Crippen LogP contribution is -2.14. The number of benzene rings is 1. The lowest BCUT2D eigenvalue weighted by molar-refractivity contribution is 0.411. The smallest absolute Gasteiger partial charge is 0.333 e. The van der Waals surface area contributed by atoms with Crippen LogP contribution in [0.15, 0.2) is 29.2 Å². The lowest BCUT2D eigenvalue weighted by atomic mass is 10.2. The summed E-state index contributed by atoms with van der Waals surface area (Å²) in [6.07, 6.45) is 1.25. The third-order valence-electron chi connectivity index (χ3n) is 2.39. The Labute approximate surface area is 91.9 Å². The number of imidazole rings is 1. The summed E-state index contributed by atoms with van der Waals surface area (Å²) in [5.74, 6) is 0.626. The van der Waals surface area contributed by atoms with E-state index in [9.17, 15) is 9.90 Å². The first kappa shape index (κ1) is 10.4. The molecule has 1 aromatic carbocycles. The predicted octanol–water partition coefficient (Wildman–Crippen LogP) is 1.19. The average Bonchev–Trinajstić information content (AvgIpc) is 2.58. The van der Waals surface area contributed by atoms with Crippen LogP contribution in [0.25, 0.3) is 5.69 Å². The fourth-order valence-electron chi connectivity index (χ4n) is 1.61. The van der Waals surface area contributed by atoms with Gasteiger partial charge in [0.2, 0.25) is 5.88 Å². The Kier molecular flexibility index (Phi) is 2.44. The summed E-state index contributed by atoms with van der Waals surface area (Å²) in [6.45, 7) is 1.87. The number of rotatable bonds is 2. The van der Waals surface area contributed by atoms with Crippen LogP contribution in [0.4, 0.5) is 0 Å². The molecule has 0 aliphatic carbocycles. The molecule has 5 heteroatoms. The van der Waals surface area contributed by atoms with E-state index in [1.54, 1.807) is 25.3 Å². The number of hydrogen-bond acceptors (Lipinski definition) is 3. The van der Waals surface area contributed by atoms with E-state index >= 15 is 0 Å². The highest BCUT2D eigenvalue weighted by Gasteiger charge is 2.08. The molecule has 1 aromatic heterocycles. The summed E-state index contributed by atoms with van der Waals surface area (Å²) in [4.78, 5) is 13.8. The van der Waals surface area contributed by atoms with Crippen molar-refractivity contribution in [2.24, 2.45) is 0 Å². The highest BCUT2D eigenvalue weighted by molar-refractivity contribution is 5.44. The molecule has 0 unspecified atom stereocenters. The highest BCUT2D eigenvalue weighted by Crippen LogP contribution is 2.22. The number of aromatic amines is 1. The van der Waals surface area contributed by atoms with Crippen LogP contribution in [0.5, 0.6) is 11.6 Å². The second-order valence-corrected chi connectivity index (χ2v) is 3.44. The standard InChI is InChI=1S/C11H12N2O3/c1-7-5-8(3-4-9(7)16-2)13-10(14)6-12-11(13)15/h3-6,14H,1-2H3,(H,12,15). The van der Waals surface area contributed by atoms with Crippen LogP contribution < -0.4 is 10.4 Å². The van der Waals surface area contributed by atoms with Gasteiger partial charge in [-0.25, -0.2) is 9.36 Å². The van der Waals surface area contributed by atoms with Crippen LogP contribution in [0, 0.1) is 6.92 Å². The maximum atomic E-state index is 11.4. The van der Waals surface area contributed by atoms with E-state index in [0.29, 0.717) is 5.69 Å². The van der Waals surface area contributed by atoms with Crippen molar-refractivity contribution >= 4 is 0 Å². The summed E-state index contributed by atoms with van der Waals surface area (Å²) in [5.41, 5.74) is 1.12. The molecule has 0 saturated carbocycles. The first-order valence-electron chi connectivity index (χ1n) is 4.78. The van der Waals surface area contributed by atoms with Gasteiger partial charge >= 0.3 is 5.69 Å². The van der Waals surface area contributed by atoms with E-state index in [4.69, 9.17) is 4.74 Å². The third kappa shape index (κ3) is 1.56. The second-order valence-electron chi connectivity index (χ2n) is 3.44. The number of nitrogens with zero attached hydrogens (tertiary/aromatic N) is 1. The number of aromatic nitrogens is 2. The molecule has 0 aliphatic heterocycles. The highest BCUT2D eigenvalue weighted by atomic mass is 16.5. The van der Waals surface area contributed by atoms with Gasteiger partial charge in [0.15, 0.2) is 0 Å². The molecule has 5 nitrogen and oxygen atoms in total. The number of hydrogen-bond donors (Lipinski definition) is 2. The summed E-state index contributed by atoms with van der Waals surface area (Å²) < 4.78 is 6.31. The third-order valence-corrected chi connectivity index (χ3v) is 2.39. The molecule has 2 rings (SSSR count). The van der Waals surface area contributed by atoms with Gasteiger partial charge in [-0.2, -0.15) is 0 Å². The molecule has 2 N–H and O–H groups in total. The van der Waals surface area contributed by atoms with Crippen LogP contribution in [0.1, 0.15) is 5.56 Å². The maximum Gasteiger partial charge on any atom is 0.333 e. The van der Waals surface area contributed by atoms with E-state index < -0.39 is 0 Å². The largest absolute Gasteiger partial charge is 0.496 e. The van der Waals surface area contributed by atoms with Crippen molar-refractivity contribution in [3.8, 4) is 17.3 Å². The summed E-state index contributed by atoms with van der Waals surface area (Å²) in [7, 11) is 1.59. The van der Waals surface area contributed by atoms with Gasteiger partial charge in [-0.05, 0) is 30.7 Å². The van der Waals surface area contributed by atoms with Gasteiger partial charge in [-0.15, -0.1) is 0 Å². The molecule has 0 spiro atoms. The van der Waals surface area contributed by atoms with Gasteiger partial charge in [-0.3, -0.25) is 0 Å². The number of nitrogens with one attached hydrogen (secondary N) is 1. The predicted molar refractivity (Wildman–Crippen MR) is 59.3 cm³/mol. The molecule has 0 bridgehead atoms. The van der Waals surface area contributed by atoms with Gasteiger partial charge in [0.25, 0.3) is 0 Å². The molecule has 2 aromatic rings. The van der Waals surface area contributed by atoms with Gasteiger partial charge in [0.1, 0.15) is 5.75 Å². The minimum Gasteiger partial charge on any atom is -0.496 e.